The SMILES string of the molecule is CC(C)CN1CCN(C(CN)c2cccnc2)CC1. The minimum atomic E-state index is 0.315. The highest BCUT2D eigenvalue weighted by atomic mass is 15.3. The number of nitrogens with zero attached hydrogens (tertiary/aromatic N) is 3. The molecule has 1 aliphatic rings. The second-order valence-corrected chi connectivity index (χ2v) is 5.77. The van der Waals surface area contributed by atoms with Crippen molar-refractivity contribution in [3.05, 3.63) is 30.1 Å². The highest BCUT2D eigenvalue weighted by Gasteiger charge is 2.24. The van der Waals surface area contributed by atoms with Gasteiger partial charge in [-0.25, -0.2) is 0 Å². The molecular weight excluding hydrogens is 236 g/mol. The van der Waals surface area contributed by atoms with Crippen LogP contribution < -0.4 is 5.73 Å². The Labute approximate surface area is 116 Å². The summed E-state index contributed by atoms with van der Waals surface area (Å²) < 4.78 is 0. The van der Waals surface area contributed by atoms with Crippen molar-refractivity contribution in [3.8, 4) is 0 Å². The van der Waals surface area contributed by atoms with Crippen molar-refractivity contribution in [2.75, 3.05) is 39.3 Å². The van der Waals surface area contributed by atoms with Crippen molar-refractivity contribution < 1.29 is 0 Å². The van der Waals surface area contributed by atoms with Gasteiger partial charge in [0.1, 0.15) is 0 Å². The average Bonchev–Trinajstić information content (AvgIpc) is 2.42. The molecule has 106 valence electrons. The third kappa shape index (κ3) is 4.00. The summed E-state index contributed by atoms with van der Waals surface area (Å²) in [6.45, 7) is 10.9. The Morgan fingerprint density at radius 3 is 2.53 bits per heavy atom. The third-order valence-corrected chi connectivity index (χ3v) is 3.76. The molecule has 0 saturated carbocycles. The van der Waals surface area contributed by atoms with Crippen LogP contribution in [0.4, 0.5) is 0 Å². The minimum Gasteiger partial charge on any atom is -0.329 e. The van der Waals surface area contributed by atoms with Crippen LogP contribution in [0.1, 0.15) is 25.5 Å². The Balaban J connectivity index is 1.92. The minimum absolute atomic E-state index is 0.315. The van der Waals surface area contributed by atoms with E-state index in [1.54, 1.807) is 0 Å². The molecule has 1 atom stereocenters. The molecule has 0 radical (unpaired) electrons. The number of hydrogen-bond acceptors (Lipinski definition) is 4. The van der Waals surface area contributed by atoms with Gasteiger partial charge in [-0.2, -0.15) is 0 Å². The molecule has 0 amide bonds. The van der Waals surface area contributed by atoms with Crippen LogP contribution in [0.2, 0.25) is 0 Å². The first-order valence-corrected chi connectivity index (χ1v) is 7.27. The molecule has 0 aromatic carbocycles. The lowest BCUT2D eigenvalue weighted by atomic mass is 10.1. The summed E-state index contributed by atoms with van der Waals surface area (Å²) in [5.41, 5.74) is 7.21. The molecule has 0 aliphatic carbocycles. The first kappa shape index (κ1) is 14.4. The molecule has 2 heterocycles. The maximum atomic E-state index is 5.97. The van der Waals surface area contributed by atoms with Crippen molar-refractivity contribution in [2.45, 2.75) is 19.9 Å². The van der Waals surface area contributed by atoms with Crippen molar-refractivity contribution in [1.29, 1.82) is 0 Å². The first-order valence-electron chi connectivity index (χ1n) is 7.27. The van der Waals surface area contributed by atoms with Gasteiger partial charge in [-0.3, -0.25) is 9.88 Å². The molecule has 1 saturated heterocycles. The summed E-state index contributed by atoms with van der Waals surface area (Å²) >= 11 is 0. The Bertz CT molecular complexity index is 358. The van der Waals surface area contributed by atoms with Crippen molar-refractivity contribution >= 4 is 0 Å². The fourth-order valence-corrected chi connectivity index (χ4v) is 2.84. The molecule has 2 rings (SSSR count). The van der Waals surface area contributed by atoms with Gasteiger partial charge in [0.05, 0.1) is 0 Å². The molecule has 0 spiro atoms. The van der Waals surface area contributed by atoms with Crippen LogP contribution in [0, 0.1) is 5.92 Å². The van der Waals surface area contributed by atoms with E-state index in [1.807, 2.05) is 18.5 Å². The van der Waals surface area contributed by atoms with E-state index in [-0.39, 0.29) is 0 Å². The van der Waals surface area contributed by atoms with E-state index >= 15 is 0 Å². The highest BCUT2D eigenvalue weighted by Crippen LogP contribution is 2.20. The van der Waals surface area contributed by atoms with E-state index in [0.717, 1.165) is 32.1 Å². The number of pyridine rings is 1. The second kappa shape index (κ2) is 6.98. The Kier molecular flexibility index (Phi) is 5.31. The number of hydrogen-bond donors (Lipinski definition) is 1. The van der Waals surface area contributed by atoms with Gasteiger partial charge in [0.25, 0.3) is 0 Å². The van der Waals surface area contributed by atoms with Gasteiger partial charge in [0.15, 0.2) is 0 Å². The lowest BCUT2D eigenvalue weighted by Crippen LogP contribution is -2.49. The second-order valence-electron chi connectivity index (χ2n) is 5.77. The zero-order valence-electron chi connectivity index (χ0n) is 12.1. The van der Waals surface area contributed by atoms with Crippen LogP contribution in [0.25, 0.3) is 0 Å². The molecule has 2 N–H and O–H groups in total. The van der Waals surface area contributed by atoms with E-state index < -0.39 is 0 Å². The standard InChI is InChI=1S/C15H26N4/c1-13(2)12-18-6-8-19(9-7-18)15(10-16)14-4-3-5-17-11-14/h3-5,11,13,15H,6-10,12,16H2,1-2H3. The molecule has 0 bridgehead atoms. The van der Waals surface area contributed by atoms with Crippen molar-refractivity contribution in [1.82, 2.24) is 14.8 Å². The van der Waals surface area contributed by atoms with Crippen molar-refractivity contribution in [2.24, 2.45) is 11.7 Å². The van der Waals surface area contributed by atoms with Crippen LogP contribution in [-0.4, -0.2) is 54.1 Å². The van der Waals surface area contributed by atoms with Gasteiger partial charge >= 0.3 is 0 Å². The van der Waals surface area contributed by atoms with E-state index in [0.29, 0.717) is 12.6 Å². The summed E-state index contributed by atoms with van der Waals surface area (Å²) in [5, 5.41) is 0. The van der Waals surface area contributed by atoms with Crippen LogP contribution in [0.5, 0.6) is 0 Å². The molecule has 1 aromatic rings. The summed E-state index contributed by atoms with van der Waals surface area (Å²) in [6, 6.07) is 4.44. The quantitative estimate of drug-likeness (QED) is 0.870. The molecule has 19 heavy (non-hydrogen) atoms. The maximum absolute atomic E-state index is 5.97. The molecule has 1 aromatic heterocycles. The van der Waals surface area contributed by atoms with Gasteiger partial charge in [-0.1, -0.05) is 19.9 Å². The average molecular weight is 262 g/mol. The summed E-state index contributed by atoms with van der Waals surface area (Å²) in [7, 11) is 0. The Hall–Kier alpha value is -0.970. The van der Waals surface area contributed by atoms with E-state index in [1.165, 1.54) is 12.1 Å². The van der Waals surface area contributed by atoms with Gasteiger partial charge in [-0.05, 0) is 17.5 Å². The fourth-order valence-electron chi connectivity index (χ4n) is 2.84. The smallest absolute Gasteiger partial charge is 0.0486 e. The predicted octanol–water partition coefficient (Wildman–Crippen LogP) is 1.35. The molecule has 1 fully saturated rings. The normalized spacial score (nSPS) is 19.8. The number of rotatable bonds is 5. The van der Waals surface area contributed by atoms with Gasteiger partial charge in [-0.15, -0.1) is 0 Å². The monoisotopic (exact) mass is 262 g/mol. The maximum Gasteiger partial charge on any atom is 0.0486 e. The van der Waals surface area contributed by atoms with E-state index in [2.05, 4.69) is 34.7 Å². The molecule has 1 aliphatic heterocycles. The largest absolute Gasteiger partial charge is 0.329 e. The third-order valence-electron chi connectivity index (χ3n) is 3.76. The number of piperazine rings is 1. The summed E-state index contributed by atoms with van der Waals surface area (Å²) in [5.74, 6) is 0.746. The van der Waals surface area contributed by atoms with Crippen LogP contribution in [0.15, 0.2) is 24.5 Å². The molecular formula is C15H26N4. The molecule has 1 unspecified atom stereocenters. The van der Waals surface area contributed by atoms with Gasteiger partial charge in [0.2, 0.25) is 0 Å². The summed E-state index contributed by atoms with van der Waals surface area (Å²) in [4.78, 5) is 9.26. The number of nitrogens with two attached hydrogens (primary N) is 1. The zero-order chi connectivity index (χ0) is 13.7. The molecule has 4 nitrogen and oxygen atoms in total. The van der Waals surface area contributed by atoms with E-state index in [4.69, 9.17) is 5.73 Å². The lowest BCUT2D eigenvalue weighted by Gasteiger charge is -2.39. The predicted molar refractivity (Wildman–Crippen MR) is 78.9 cm³/mol. The highest BCUT2D eigenvalue weighted by molar-refractivity contribution is 5.14. The Morgan fingerprint density at radius 1 is 1.26 bits per heavy atom. The van der Waals surface area contributed by atoms with Crippen LogP contribution >= 0.6 is 0 Å². The van der Waals surface area contributed by atoms with Crippen molar-refractivity contribution in [3.63, 3.8) is 0 Å². The van der Waals surface area contributed by atoms with Gasteiger partial charge < -0.3 is 10.6 Å². The van der Waals surface area contributed by atoms with Gasteiger partial charge in [0, 0.05) is 57.7 Å². The van der Waals surface area contributed by atoms with Crippen LogP contribution in [-0.2, 0) is 0 Å². The molecule has 4 heteroatoms. The van der Waals surface area contributed by atoms with E-state index in [9.17, 15) is 0 Å². The fraction of sp³-hybridized carbons (Fsp3) is 0.667. The Morgan fingerprint density at radius 2 is 2.00 bits per heavy atom. The topological polar surface area (TPSA) is 45.4 Å². The number of aromatic nitrogens is 1. The summed E-state index contributed by atoms with van der Waals surface area (Å²) in [6.07, 6.45) is 3.76. The lowest BCUT2D eigenvalue weighted by molar-refractivity contribution is 0.0911. The zero-order valence-corrected chi connectivity index (χ0v) is 12.1. The van der Waals surface area contributed by atoms with Crippen LogP contribution in [0.3, 0.4) is 0 Å². The first-order chi connectivity index (χ1) is 9.20.